The van der Waals surface area contributed by atoms with Crippen LogP contribution in [-0.4, -0.2) is 52.6 Å². The smallest absolute Gasteiger partial charge is 0.303 e. The third kappa shape index (κ3) is 5.74. The minimum Gasteiger partial charge on any atom is -0.475 e. The van der Waals surface area contributed by atoms with E-state index in [2.05, 4.69) is 5.16 Å². The summed E-state index contributed by atoms with van der Waals surface area (Å²) >= 11 is 7.55. The summed E-state index contributed by atoms with van der Waals surface area (Å²) in [4.78, 5) is 35.1. The van der Waals surface area contributed by atoms with Gasteiger partial charge in [0.1, 0.15) is 5.75 Å². The fourth-order valence-electron chi connectivity index (χ4n) is 3.23. The summed E-state index contributed by atoms with van der Waals surface area (Å²) in [5, 5.41) is 4.22. The number of carbonyl (C=O) groups is 3. The minimum atomic E-state index is -1.05. The van der Waals surface area contributed by atoms with Crippen molar-refractivity contribution in [3.63, 3.8) is 0 Å². The second kappa shape index (κ2) is 10.3. The van der Waals surface area contributed by atoms with Gasteiger partial charge in [0.05, 0.1) is 11.8 Å². The number of aryl methyl sites for hydroxylation is 1. The summed E-state index contributed by atoms with van der Waals surface area (Å²) in [5.74, 6) is -0.668. The molecule has 3 rings (SSSR count). The third-order valence-corrected chi connectivity index (χ3v) is 6.13. The van der Waals surface area contributed by atoms with E-state index < -0.39 is 41.7 Å². The molecule has 32 heavy (non-hydrogen) atoms. The Hall–Kier alpha value is -2.72. The molecule has 0 radical (unpaired) electrons. The maximum atomic E-state index is 11.8. The van der Waals surface area contributed by atoms with E-state index in [0.717, 1.165) is 5.56 Å². The minimum absolute atomic E-state index is 0.254. The first-order valence-corrected chi connectivity index (χ1v) is 11.1. The van der Waals surface area contributed by atoms with Gasteiger partial charge in [-0.15, -0.1) is 11.8 Å². The van der Waals surface area contributed by atoms with Gasteiger partial charge >= 0.3 is 17.9 Å². The zero-order chi connectivity index (χ0) is 23.4. The molecule has 0 bridgehead atoms. The van der Waals surface area contributed by atoms with Gasteiger partial charge in [-0.2, -0.15) is 0 Å². The van der Waals surface area contributed by atoms with Gasteiger partial charge in [0.2, 0.25) is 0 Å². The van der Waals surface area contributed by atoms with Gasteiger partial charge in [-0.3, -0.25) is 14.4 Å². The first-order chi connectivity index (χ1) is 15.2. The summed E-state index contributed by atoms with van der Waals surface area (Å²) in [7, 11) is 0. The second-order valence-electron chi connectivity index (χ2n) is 7.09. The van der Waals surface area contributed by atoms with E-state index >= 15 is 0 Å². The Morgan fingerprint density at radius 3 is 2.31 bits per heavy atom. The van der Waals surface area contributed by atoms with E-state index in [1.165, 1.54) is 38.7 Å². The van der Waals surface area contributed by atoms with Crippen LogP contribution in [0, 0.1) is 6.92 Å². The maximum Gasteiger partial charge on any atom is 0.303 e. The van der Waals surface area contributed by atoms with Crippen LogP contribution in [0.15, 0.2) is 28.9 Å². The molecule has 1 aromatic carbocycles. The molecule has 0 amide bonds. The molecular formula is C21H22ClNO8S. The molecule has 11 heteroatoms. The Bertz CT molecular complexity index is 996. The van der Waals surface area contributed by atoms with Crippen molar-refractivity contribution in [3.8, 4) is 17.1 Å². The van der Waals surface area contributed by atoms with Crippen LogP contribution in [-0.2, 0) is 28.6 Å². The number of esters is 3. The number of ether oxygens (including phenoxy) is 4. The lowest BCUT2D eigenvalue weighted by molar-refractivity contribution is -0.186. The summed E-state index contributed by atoms with van der Waals surface area (Å²) in [6.45, 7) is 5.51. The summed E-state index contributed by atoms with van der Waals surface area (Å²) < 4.78 is 27.7. The summed E-state index contributed by atoms with van der Waals surface area (Å²) in [6.07, 6.45) is -1.41. The summed E-state index contributed by atoms with van der Waals surface area (Å²) in [6, 6.07) is 5.07. The zero-order valence-corrected chi connectivity index (χ0v) is 19.4. The number of rotatable bonds is 6. The van der Waals surface area contributed by atoms with Crippen LogP contribution in [0.2, 0.25) is 5.02 Å². The van der Waals surface area contributed by atoms with Crippen molar-refractivity contribution < 1.29 is 37.9 Å². The predicted octanol–water partition coefficient (Wildman–Crippen LogP) is 3.55. The molecule has 0 spiro atoms. The predicted molar refractivity (Wildman–Crippen MR) is 115 cm³/mol. The van der Waals surface area contributed by atoms with E-state index in [4.69, 9.17) is 35.1 Å². The van der Waals surface area contributed by atoms with Crippen molar-refractivity contribution >= 4 is 41.3 Å². The van der Waals surface area contributed by atoms with Crippen molar-refractivity contribution in [2.75, 3.05) is 5.75 Å². The average Bonchev–Trinajstić information content (AvgIpc) is 3.22. The molecule has 172 valence electrons. The lowest BCUT2D eigenvalue weighted by Crippen LogP contribution is -2.55. The fourth-order valence-corrected chi connectivity index (χ4v) is 4.61. The van der Waals surface area contributed by atoms with E-state index in [9.17, 15) is 14.4 Å². The fraction of sp³-hybridized carbons (Fsp3) is 0.429. The number of hydrogen-bond acceptors (Lipinski definition) is 10. The lowest BCUT2D eigenvalue weighted by Gasteiger charge is -2.40. The number of carbonyl (C=O) groups excluding carboxylic acids is 3. The highest BCUT2D eigenvalue weighted by molar-refractivity contribution is 7.99. The molecule has 2 heterocycles. The lowest BCUT2D eigenvalue weighted by atomic mass is 10.1. The molecule has 2 aromatic rings. The average molecular weight is 484 g/mol. The van der Waals surface area contributed by atoms with E-state index in [0.29, 0.717) is 22.1 Å². The van der Waals surface area contributed by atoms with Crippen molar-refractivity contribution in [2.45, 2.75) is 51.4 Å². The Labute approximate surface area is 193 Å². The van der Waals surface area contributed by atoms with Gasteiger partial charge in [0.15, 0.2) is 29.5 Å². The molecule has 1 aromatic heterocycles. The van der Waals surface area contributed by atoms with Crippen molar-refractivity contribution in [2.24, 2.45) is 0 Å². The number of halogens is 1. The van der Waals surface area contributed by atoms with Gasteiger partial charge in [-0.1, -0.05) is 16.8 Å². The van der Waals surface area contributed by atoms with Crippen molar-refractivity contribution in [3.05, 3.63) is 35.0 Å². The Morgan fingerprint density at radius 1 is 1.06 bits per heavy atom. The van der Waals surface area contributed by atoms with Gasteiger partial charge in [-0.25, -0.2) is 0 Å². The van der Waals surface area contributed by atoms with Crippen LogP contribution >= 0.6 is 23.4 Å². The van der Waals surface area contributed by atoms with Crippen molar-refractivity contribution in [1.82, 2.24) is 5.16 Å². The van der Waals surface area contributed by atoms with Crippen molar-refractivity contribution in [1.29, 1.82) is 0 Å². The van der Waals surface area contributed by atoms with E-state index in [1.807, 2.05) is 6.92 Å². The topological polar surface area (TPSA) is 114 Å². The molecule has 0 N–H and O–H groups in total. The zero-order valence-electron chi connectivity index (χ0n) is 17.8. The number of aromatic nitrogens is 1. The molecule has 0 unspecified atom stereocenters. The highest BCUT2D eigenvalue weighted by atomic mass is 35.5. The van der Waals surface area contributed by atoms with Crippen LogP contribution < -0.4 is 4.74 Å². The number of benzene rings is 1. The van der Waals surface area contributed by atoms with Gasteiger partial charge < -0.3 is 23.5 Å². The van der Waals surface area contributed by atoms with Crippen LogP contribution in [0.4, 0.5) is 0 Å². The highest BCUT2D eigenvalue weighted by Gasteiger charge is 2.48. The van der Waals surface area contributed by atoms with E-state index in [-0.39, 0.29) is 5.75 Å². The molecule has 0 saturated carbocycles. The molecule has 9 nitrogen and oxygen atoms in total. The normalized spacial score (nSPS) is 22.7. The van der Waals surface area contributed by atoms with Gasteiger partial charge in [0.25, 0.3) is 0 Å². The molecule has 0 aliphatic carbocycles. The molecule has 4 atom stereocenters. The maximum absolute atomic E-state index is 11.8. The number of nitrogens with zero attached hydrogens (tertiary/aromatic N) is 1. The summed E-state index contributed by atoms with van der Waals surface area (Å²) in [5.41, 5.74) is 0.521. The number of hydrogen-bond donors (Lipinski definition) is 0. The molecule has 1 aliphatic heterocycles. The van der Waals surface area contributed by atoms with Crippen LogP contribution in [0.5, 0.6) is 5.75 Å². The molecule has 1 fully saturated rings. The molecular weight excluding hydrogens is 462 g/mol. The van der Waals surface area contributed by atoms with Gasteiger partial charge in [0, 0.05) is 37.6 Å². The quantitative estimate of drug-likeness (QED) is 0.446. The largest absolute Gasteiger partial charge is 0.475 e. The van der Waals surface area contributed by atoms with Gasteiger partial charge in [-0.05, 0) is 24.6 Å². The molecule has 1 aliphatic rings. The Morgan fingerprint density at radius 2 is 1.72 bits per heavy atom. The standard InChI is InChI=1S/C21H22ClNO8S/c1-10-7-17(14(8-15(10)22)16-5-6-23-31-16)30-21-20(29-13(4)26)19(28-12(3)25)18(9-32-21)27-11(2)24/h5-8,18-21H,9H2,1-4H3/t18-,19+,20-,21+/m1/s1. The SMILES string of the molecule is CC(=O)O[C@@H]1[C@@H](OC(C)=O)[C@@H](Oc2cc(C)c(Cl)cc2-c2ccno2)SC[C@H]1OC(C)=O. The van der Waals surface area contributed by atoms with Crippen LogP contribution in [0.1, 0.15) is 26.3 Å². The second-order valence-corrected chi connectivity index (χ2v) is 8.63. The van der Waals surface area contributed by atoms with E-state index in [1.54, 1.807) is 18.2 Å². The Kier molecular flexibility index (Phi) is 7.68. The highest BCUT2D eigenvalue weighted by Crippen LogP contribution is 2.39. The first kappa shape index (κ1) is 23.9. The third-order valence-electron chi connectivity index (χ3n) is 4.51. The van der Waals surface area contributed by atoms with Crippen LogP contribution in [0.3, 0.4) is 0 Å². The molecule has 1 saturated heterocycles. The van der Waals surface area contributed by atoms with Crippen LogP contribution in [0.25, 0.3) is 11.3 Å². The Balaban J connectivity index is 1.97. The monoisotopic (exact) mass is 483 g/mol. The first-order valence-electron chi connectivity index (χ1n) is 9.66. The number of thioether (sulfide) groups is 1.